The van der Waals surface area contributed by atoms with E-state index < -0.39 is 6.17 Å². The molecule has 2 heterocycles. The molecule has 1 aliphatic heterocycles. The minimum Gasteiger partial charge on any atom is -0.382 e. The smallest absolute Gasteiger partial charge is 0.227 e. The van der Waals surface area contributed by atoms with Crippen molar-refractivity contribution in [2.75, 3.05) is 17.7 Å². The fraction of sp³-hybridized carbons (Fsp3) is 0.292. The van der Waals surface area contributed by atoms with E-state index in [0.717, 1.165) is 6.42 Å². The standard InChI is InChI=1S/C24H29FN6O/c1-6-27-24(30(5)14-18-9-7-8-10-19(18)25)17(4)16(3)23-28-13-20(22(26)29-23)31-15(2)11-12-21(31)32/h6-10,13,15,24,27H,1,3-4,11-12,14H2,2,5H3,(H2,26,28,29). The molecule has 8 heteroatoms. The monoisotopic (exact) mass is 436 g/mol. The molecule has 168 valence electrons. The van der Waals surface area contributed by atoms with Gasteiger partial charge in [0.05, 0.1) is 6.20 Å². The van der Waals surface area contributed by atoms with Crippen molar-refractivity contribution in [3.63, 3.8) is 0 Å². The van der Waals surface area contributed by atoms with Gasteiger partial charge >= 0.3 is 0 Å². The van der Waals surface area contributed by atoms with Crippen LogP contribution in [0.4, 0.5) is 15.9 Å². The molecule has 1 saturated heterocycles. The van der Waals surface area contributed by atoms with Crippen LogP contribution in [0.5, 0.6) is 0 Å². The lowest BCUT2D eigenvalue weighted by Crippen LogP contribution is -2.42. The van der Waals surface area contributed by atoms with Crippen molar-refractivity contribution in [1.82, 2.24) is 20.2 Å². The Morgan fingerprint density at radius 2 is 2.16 bits per heavy atom. The van der Waals surface area contributed by atoms with Crippen molar-refractivity contribution in [1.29, 1.82) is 0 Å². The van der Waals surface area contributed by atoms with Crippen LogP contribution in [0.25, 0.3) is 5.57 Å². The minimum absolute atomic E-state index is 0.00815. The second-order valence-electron chi connectivity index (χ2n) is 7.90. The van der Waals surface area contributed by atoms with Gasteiger partial charge in [-0.3, -0.25) is 9.69 Å². The lowest BCUT2D eigenvalue weighted by molar-refractivity contribution is -0.117. The first kappa shape index (κ1) is 23.1. The third-order valence-corrected chi connectivity index (χ3v) is 5.62. The molecule has 7 nitrogen and oxygen atoms in total. The number of carbonyl (C=O) groups excluding carboxylic acids is 1. The fourth-order valence-electron chi connectivity index (χ4n) is 3.82. The summed E-state index contributed by atoms with van der Waals surface area (Å²) in [5.74, 6) is 0.247. The maximum Gasteiger partial charge on any atom is 0.227 e. The van der Waals surface area contributed by atoms with E-state index in [2.05, 4.69) is 35.0 Å². The highest BCUT2D eigenvalue weighted by Gasteiger charge is 2.31. The number of hydrogen-bond donors (Lipinski definition) is 2. The van der Waals surface area contributed by atoms with Crippen molar-refractivity contribution in [2.45, 2.75) is 38.5 Å². The molecule has 1 fully saturated rings. The summed E-state index contributed by atoms with van der Waals surface area (Å²) in [5, 5.41) is 3.12. The fourth-order valence-corrected chi connectivity index (χ4v) is 3.82. The molecule has 3 N–H and O–H groups in total. The topological polar surface area (TPSA) is 87.4 Å². The number of nitrogens with one attached hydrogen (secondary N) is 1. The number of likely N-dealkylation sites (N-methyl/N-ethyl adjacent to an activating group) is 1. The van der Waals surface area contributed by atoms with Crippen molar-refractivity contribution in [3.05, 3.63) is 79.2 Å². The third kappa shape index (κ3) is 4.70. The highest BCUT2D eigenvalue weighted by atomic mass is 19.1. The Balaban J connectivity index is 1.80. The maximum absolute atomic E-state index is 14.1. The Labute approximate surface area is 188 Å². The number of anilines is 2. The summed E-state index contributed by atoms with van der Waals surface area (Å²) < 4.78 is 14.1. The van der Waals surface area contributed by atoms with E-state index in [1.165, 1.54) is 6.07 Å². The van der Waals surface area contributed by atoms with Gasteiger partial charge in [-0.2, -0.15) is 0 Å². The molecule has 1 aromatic carbocycles. The first-order chi connectivity index (χ1) is 15.2. The van der Waals surface area contributed by atoms with Crippen LogP contribution in [0, 0.1) is 5.82 Å². The summed E-state index contributed by atoms with van der Waals surface area (Å²) in [6.07, 6.45) is 3.92. The van der Waals surface area contributed by atoms with Gasteiger partial charge in [0.2, 0.25) is 5.91 Å². The normalized spacial score (nSPS) is 16.8. The Morgan fingerprint density at radius 1 is 1.44 bits per heavy atom. The number of benzene rings is 1. The number of nitrogens with zero attached hydrogens (tertiary/aromatic N) is 4. The van der Waals surface area contributed by atoms with Gasteiger partial charge in [-0.15, -0.1) is 0 Å². The number of hydrogen-bond acceptors (Lipinski definition) is 6. The molecular formula is C24H29FN6O. The number of nitrogen functional groups attached to an aromatic ring is 1. The highest BCUT2D eigenvalue weighted by molar-refractivity contribution is 5.98. The highest BCUT2D eigenvalue weighted by Crippen LogP contribution is 2.31. The summed E-state index contributed by atoms with van der Waals surface area (Å²) in [7, 11) is 1.84. The molecule has 0 radical (unpaired) electrons. The molecule has 0 aliphatic carbocycles. The van der Waals surface area contributed by atoms with Crippen molar-refractivity contribution < 1.29 is 9.18 Å². The summed E-state index contributed by atoms with van der Waals surface area (Å²) in [6, 6.07) is 6.65. The number of halogens is 1. The van der Waals surface area contributed by atoms with Crippen LogP contribution in [0.15, 0.2) is 62.0 Å². The van der Waals surface area contributed by atoms with Crippen LogP contribution in [0.1, 0.15) is 31.2 Å². The minimum atomic E-state index is -0.427. The zero-order valence-corrected chi connectivity index (χ0v) is 18.5. The van der Waals surface area contributed by atoms with Gasteiger partial charge in [-0.1, -0.05) is 37.9 Å². The lowest BCUT2D eigenvalue weighted by atomic mass is 10.0. The van der Waals surface area contributed by atoms with Crippen LogP contribution >= 0.6 is 0 Å². The lowest BCUT2D eigenvalue weighted by Gasteiger charge is -2.31. The molecule has 2 unspecified atom stereocenters. The zero-order valence-electron chi connectivity index (χ0n) is 18.5. The van der Waals surface area contributed by atoms with Gasteiger partial charge in [0, 0.05) is 30.1 Å². The molecule has 0 saturated carbocycles. The summed E-state index contributed by atoms with van der Waals surface area (Å²) in [4.78, 5) is 24.5. The summed E-state index contributed by atoms with van der Waals surface area (Å²) in [5.41, 5.74) is 8.29. The zero-order chi connectivity index (χ0) is 23.4. The first-order valence-electron chi connectivity index (χ1n) is 10.4. The van der Waals surface area contributed by atoms with E-state index in [1.807, 2.05) is 18.9 Å². The first-order valence-corrected chi connectivity index (χ1v) is 10.4. The van der Waals surface area contributed by atoms with Crippen LogP contribution in [-0.4, -0.2) is 40.0 Å². The Morgan fingerprint density at radius 3 is 2.75 bits per heavy atom. The van der Waals surface area contributed by atoms with Crippen molar-refractivity contribution in [2.24, 2.45) is 0 Å². The quantitative estimate of drug-likeness (QED) is 0.462. The molecular weight excluding hydrogens is 407 g/mol. The second-order valence-corrected chi connectivity index (χ2v) is 7.90. The average Bonchev–Trinajstić information content (AvgIpc) is 3.10. The maximum atomic E-state index is 14.1. The predicted molar refractivity (Wildman–Crippen MR) is 126 cm³/mol. The van der Waals surface area contributed by atoms with Gasteiger partial charge < -0.3 is 16.0 Å². The van der Waals surface area contributed by atoms with Crippen molar-refractivity contribution in [3.8, 4) is 0 Å². The van der Waals surface area contributed by atoms with Crippen molar-refractivity contribution >= 4 is 23.0 Å². The second kappa shape index (κ2) is 9.74. The average molecular weight is 437 g/mol. The van der Waals surface area contributed by atoms with Gasteiger partial charge in [0.15, 0.2) is 11.6 Å². The molecule has 1 aromatic heterocycles. The van der Waals surface area contributed by atoms with E-state index >= 15 is 0 Å². The Bertz CT molecular complexity index is 1050. The van der Waals surface area contributed by atoms with E-state index in [9.17, 15) is 9.18 Å². The molecule has 0 bridgehead atoms. The SMILES string of the molecule is C=CNC(C(=C)C(=C)c1ncc(N2C(=O)CCC2C)c(N)n1)N(C)Cc1ccccc1F. The van der Waals surface area contributed by atoms with Gasteiger partial charge in [0.25, 0.3) is 0 Å². The van der Waals surface area contributed by atoms with E-state index in [-0.39, 0.29) is 23.6 Å². The van der Waals surface area contributed by atoms with Crippen LogP contribution in [-0.2, 0) is 11.3 Å². The molecule has 0 spiro atoms. The molecule has 3 rings (SSSR count). The molecule has 1 aliphatic rings. The largest absolute Gasteiger partial charge is 0.382 e. The molecule has 2 aromatic rings. The van der Waals surface area contributed by atoms with Crippen LogP contribution < -0.4 is 16.0 Å². The predicted octanol–water partition coefficient (Wildman–Crippen LogP) is 3.47. The molecule has 32 heavy (non-hydrogen) atoms. The van der Waals surface area contributed by atoms with E-state index in [4.69, 9.17) is 5.73 Å². The van der Waals surface area contributed by atoms with E-state index in [0.29, 0.717) is 41.2 Å². The number of carbonyl (C=O) groups is 1. The third-order valence-electron chi connectivity index (χ3n) is 5.62. The van der Waals surface area contributed by atoms with Crippen LogP contribution in [0.2, 0.25) is 0 Å². The number of rotatable bonds is 9. The van der Waals surface area contributed by atoms with Gasteiger partial charge in [0.1, 0.15) is 17.7 Å². The van der Waals surface area contributed by atoms with Crippen LogP contribution in [0.3, 0.4) is 0 Å². The van der Waals surface area contributed by atoms with E-state index in [1.54, 1.807) is 35.5 Å². The summed E-state index contributed by atoms with van der Waals surface area (Å²) in [6.45, 7) is 14.3. The Kier molecular flexibility index (Phi) is 7.05. The Hall–Kier alpha value is -3.52. The number of aromatic nitrogens is 2. The van der Waals surface area contributed by atoms with Gasteiger partial charge in [-0.05, 0) is 38.2 Å². The van der Waals surface area contributed by atoms with Gasteiger partial charge in [-0.25, -0.2) is 14.4 Å². The molecule has 2 atom stereocenters. The number of nitrogens with two attached hydrogens (primary N) is 1. The number of amides is 1. The molecule has 1 amide bonds. The summed E-state index contributed by atoms with van der Waals surface area (Å²) >= 11 is 0.